The number of alkyl halides is 2. The molecule has 2 aromatic carbocycles. The summed E-state index contributed by atoms with van der Waals surface area (Å²) in [5.74, 6) is -0.552. The van der Waals surface area contributed by atoms with E-state index in [4.69, 9.17) is 9.15 Å². The van der Waals surface area contributed by atoms with E-state index in [0.29, 0.717) is 23.6 Å². The van der Waals surface area contributed by atoms with Crippen LogP contribution in [-0.4, -0.2) is 64.8 Å². The molecule has 0 radical (unpaired) electrons. The summed E-state index contributed by atoms with van der Waals surface area (Å²) in [5.41, 5.74) is 3.36. The Labute approximate surface area is 213 Å². The first-order valence-corrected chi connectivity index (χ1v) is 13.1. The minimum Gasteiger partial charge on any atom is -0.415 e. The summed E-state index contributed by atoms with van der Waals surface area (Å²) in [6, 6.07) is 18.7. The predicted octanol–water partition coefficient (Wildman–Crippen LogP) is 5.04. The number of rotatable bonds is 8. The van der Waals surface area contributed by atoms with E-state index in [0.717, 1.165) is 37.6 Å². The standard InChI is InChI=1S/C26H29F2N5O2S/c27-23(28)25-30-29-24(35-25)20-8-6-19(7-9-20)14-33(21-4-2-1-3-5-21)36-32-12-10-26(11-13-32)17-31(18-26)22-15-34-16-22/h1-9,22-23H,10-18H2. The highest BCUT2D eigenvalue weighted by atomic mass is 32.2. The van der Waals surface area contributed by atoms with E-state index in [2.05, 4.69) is 48.0 Å². The molecule has 3 fully saturated rings. The molecule has 1 spiro atoms. The SMILES string of the molecule is FC(F)c1nnc(-c2ccc(CN(SN3CCC4(CC3)CN(C3COC3)C4)c3ccccc3)cc2)o1. The lowest BCUT2D eigenvalue weighted by atomic mass is 9.71. The van der Waals surface area contributed by atoms with Crippen molar-refractivity contribution in [3.05, 3.63) is 66.1 Å². The van der Waals surface area contributed by atoms with Gasteiger partial charge < -0.3 is 9.15 Å². The Morgan fingerprint density at radius 3 is 2.33 bits per heavy atom. The number of hydrogen-bond acceptors (Lipinski definition) is 8. The van der Waals surface area contributed by atoms with Crippen molar-refractivity contribution in [2.75, 3.05) is 43.7 Å². The molecule has 0 aliphatic carbocycles. The molecule has 0 bridgehead atoms. The maximum Gasteiger partial charge on any atom is 0.314 e. The van der Waals surface area contributed by atoms with E-state index < -0.39 is 12.3 Å². The number of nitrogens with zero attached hydrogens (tertiary/aromatic N) is 5. The summed E-state index contributed by atoms with van der Waals surface area (Å²) in [5, 5.41) is 7.16. The fraction of sp³-hybridized carbons (Fsp3) is 0.462. The van der Waals surface area contributed by atoms with Crippen molar-refractivity contribution in [3.63, 3.8) is 0 Å². The largest absolute Gasteiger partial charge is 0.415 e. The molecule has 36 heavy (non-hydrogen) atoms. The summed E-state index contributed by atoms with van der Waals surface area (Å²) in [4.78, 5) is 2.59. The van der Waals surface area contributed by atoms with Gasteiger partial charge in [0.25, 0.3) is 5.89 Å². The molecule has 10 heteroatoms. The molecule has 0 amide bonds. The van der Waals surface area contributed by atoms with Gasteiger partial charge in [-0.1, -0.05) is 30.3 Å². The van der Waals surface area contributed by atoms with Crippen LogP contribution in [0.4, 0.5) is 14.5 Å². The maximum atomic E-state index is 12.8. The van der Waals surface area contributed by atoms with Gasteiger partial charge in [-0.15, -0.1) is 10.2 Å². The Balaban J connectivity index is 1.09. The topological polar surface area (TPSA) is 57.9 Å². The molecule has 7 nitrogen and oxygen atoms in total. The smallest absolute Gasteiger partial charge is 0.314 e. The second kappa shape index (κ2) is 10.1. The predicted molar refractivity (Wildman–Crippen MR) is 134 cm³/mol. The van der Waals surface area contributed by atoms with Crippen LogP contribution < -0.4 is 4.31 Å². The van der Waals surface area contributed by atoms with Gasteiger partial charge in [0.2, 0.25) is 5.89 Å². The van der Waals surface area contributed by atoms with Crippen LogP contribution in [-0.2, 0) is 11.3 Å². The minimum atomic E-state index is -2.77. The van der Waals surface area contributed by atoms with Gasteiger partial charge in [-0.3, -0.25) is 9.21 Å². The molecule has 3 aliphatic heterocycles. The van der Waals surface area contributed by atoms with Gasteiger partial charge in [0, 0.05) is 49.6 Å². The lowest BCUT2D eigenvalue weighted by Crippen LogP contribution is -2.66. The number of aromatic nitrogens is 2. The van der Waals surface area contributed by atoms with E-state index >= 15 is 0 Å². The fourth-order valence-corrected chi connectivity index (χ4v) is 6.17. The van der Waals surface area contributed by atoms with Crippen molar-refractivity contribution in [1.29, 1.82) is 0 Å². The quantitative estimate of drug-likeness (QED) is 0.389. The first-order chi connectivity index (χ1) is 17.6. The van der Waals surface area contributed by atoms with Crippen LogP contribution in [0.1, 0.15) is 30.7 Å². The Morgan fingerprint density at radius 2 is 1.72 bits per heavy atom. The van der Waals surface area contributed by atoms with Crippen molar-refractivity contribution in [3.8, 4) is 11.5 Å². The number of hydrogen-bond donors (Lipinski definition) is 0. The van der Waals surface area contributed by atoms with Crippen LogP contribution in [0.5, 0.6) is 0 Å². The van der Waals surface area contributed by atoms with Crippen LogP contribution in [0.3, 0.4) is 0 Å². The summed E-state index contributed by atoms with van der Waals surface area (Å²) >= 11 is 1.79. The van der Waals surface area contributed by atoms with Gasteiger partial charge in [0.15, 0.2) is 0 Å². The average Bonchev–Trinajstić information content (AvgIpc) is 3.35. The van der Waals surface area contributed by atoms with E-state index in [1.165, 1.54) is 25.9 Å². The minimum absolute atomic E-state index is 0.104. The number of likely N-dealkylation sites (tertiary alicyclic amines) is 1. The molecule has 1 aromatic heterocycles. The lowest BCUT2D eigenvalue weighted by molar-refractivity contribution is -0.140. The number of piperidine rings is 1. The monoisotopic (exact) mass is 513 g/mol. The van der Waals surface area contributed by atoms with Gasteiger partial charge >= 0.3 is 6.43 Å². The van der Waals surface area contributed by atoms with Crippen LogP contribution in [0.25, 0.3) is 11.5 Å². The van der Waals surface area contributed by atoms with Crippen molar-refractivity contribution >= 4 is 17.8 Å². The van der Waals surface area contributed by atoms with E-state index in [1.54, 1.807) is 12.1 Å². The first kappa shape index (κ1) is 23.8. The normalized spacial score (nSPS) is 20.4. The van der Waals surface area contributed by atoms with Crippen molar-refractivity contribution in [1.82, 2.24) is 19.4 Å². The fourth-order valence-electron chi connectivity index (χ4n) is 5.12. The zero-order valence-corrected chi connectivity index (χ0v) is 20.7. The summed E-state index contributed by atoms with van der Waals surface area (Å²) < 4.78 is 40.8. The molecule has 6 rings (SSSR count). The Kier molecular flexibility index (Phi) is 6.68. The van der Waals surface area contributed by atoms with Crippen molar-refractivity contribution < 1.29 is 17.9 Å². The highest BCUT2D eigenvalue weighted by molar-refractivity contribution is 7.98. The number of anilines is 1. The molecule has 0 N–H and O–H groups in total. The third-order valence-electron chi connectivity index (χ3n) is 7.41. The van der Waals surface area contributed by atoms with E-state index in [-0.39, 0.29) is 5.89 Å². The number of ether oxygens (including phenoxy) is 1. The Morgan fingerprint density at radius 1 is 1.00 bits per heavy atom. The Bertz CT molecular complexity index is 1140. The van der Waals surface area contributed by atoms with Gasteiger partial charge in [0.05, 0.1) is 25.8 Å². The molecule has 190 valence electrons. The summed E-state index contributed by atoms with van der Waals surface area (Å²) in [6.45, 7) is 7.09. The zero-order chi connectivity index (χ0) is 24.5. The molecule has 4 heterocycles. The van der Waals surface area contributed by atoms with Gasteiger partial charge in [0.1, 0.15) is 0 Å². The molecule has 3 aliphatic rings. The third-order valence-corrected chi connectivity index (χ3v) is 8.54. The zero-order valence-electron chi connectivity index (χ0n) is 19.9. The first-order valence-electron chi connectivity index (χ1n) is 12.4. The molecule has 0 saturated carbocycles. The number of para-hydroxylation sites is 1. The van der Waals surface area contributed by atoms with Crippen LogP contribution in [0, 0.1) is 5.41 Å². The summed E-state index contributed by atoms with van der Waals surface area (Å²) in [7, 11) is 0. The van der Waals surface area contributed by atoms with Gasteiger partial charge in [-0.2, -0.15) is 8.78 Å². The van der Waals surface area contributed by atoms with Crippen molar-refractivity contribution in [2.24, 2.45) is 5.41 Å². The average molecular weight is 514 g/mol. The van der Waals surface area contributed by atoms with Crippen LogP contribution in [0.15, 0.2) is 59.0 Å². The molecule has 0 atom stereocenters. The molecule has 0 unspecified atom stereocenters. The third kappa shape index (κ3) is 5.00. The second-order valence-corrected chi connectivity index (χ2v) is 11.0. The van der Waals surface area contributed by atoms with Crippen molar-refractivity contribution in [2.45, 2.75) is 31.9 Å². The molecule has 3 aromatic rings. The van der Waals surface area contributed by atoms with E-state index in [9.17, 15) is 8.78 Å². The van der Waals surface area contributed by atoms with Crippen LogP contribution in [0.2, 0.25) is 0 Å². The summed E-state index contributed by atoms with van der Waals surface area (Å²) in [6.07, 6.45) is -0.314. The van der Waals surface area contributed by atoms with E-state index in [1.807, 2.05) is 30.3 Å². The van der Waals surface area contributed by atoms with Gasteiger partial charge in [-0.25, -0.2) is 4.31 Å². The maximum absolute atomic E-state index is 12.8. The van der Waals surface area contributed by atoms with Gasteiger partial charge in [-0.05, 0) is 48.1 Å². The highest BCUT2D eigenvalue weighted by Crippen LogP contribution is 2.44. The molecular weight excluding hydrogens is 484 g/mol. The highest BCUT2D eigenvalue weighted by Gasteiger charge is 2.48. The van der Waals surface area contributed by atoms with Crippen LogP contribution >= 0.6 is 12.1 Å². The number of halogens is 2. The second-order valence-electron chi connectivity index (χ2n) is 9.92. The lowest BCUT2D eigenvalue weighted by Gasteiger charge is -2.57. The molecule has 3 saturated heterocycles. The number of benzene rings is 2. The Hall–Kier alpha value is -2.53. The molecular formula is C26H29F2N5O2S.